The third-order valence-electron chi connectivity index (χ3n) is 2.88. The summed E-state index contributed by atoms with van der Waals surface area (Å²) in [4.78, 5) is 24.6. The average molecular weight is 255 g/mol. The van der Waals surface area contributed by atoms with E-state index >= 15 is 0 Å². The average Bonchev–Trinajstić information content (AvgIpc) is 2.87. The minimum Gasteiger partial charge on any atom is -0.469 e. The van der Waals surface area contributed by atoms with E-state index in [0.717, 1.165) is 19.4 Å². The van der Waals surface area contributed by atoms with Crippen molar-refractivity contribution >= 4 is 11.9 Å². The second-order valence-corrected chi connectivity index (χ2v) is 4.25. The smallest absolute Gasteiger partial charge is 0.307 e. The molecule has 0 N–H and O–H groups in total. The highest BCUT2D eigenvalue weighted by atomic mass is 16.5. The molecular formula is C13H21NO4. The first-order chi connectivity index (χ1) is 8.67. The van der Waals surface area contributed by atoms with E-state index in [1.165, 1.54) is 13.2 Å². The molecule has 1 saturated heterocycles. The van der Waals surface area contributed by atoms with Crippen LogP contribution in [-0.4, -0.2) is 49.7 Å². The molecule has 0 spiro atoms. The molecule has 1 heterocycles. The number of rotatable bonds is 6. The lowest BCUT2D eigenvalue weighted by Crippen LogP contribution is -2.37. The fourth-order valence-electron chi connectivity index (χ4n) is 1.90. The van der Waals surface area contributed by atoms with Crippen molar-refractivity contribution in [2.24, 2.45) is 0 Å². The van der Waals surface area contributed by atoms with Crippen molar-refractivity contribution in [2.75, 3.05) is 26.8 Å². The van der Waals surface area contributed by atoms with Crippen LogP contribution in [0, 0.1) is 0 Å². The summed E-state index contributed by atoms with van der Waals surface area (Å²) >= 11 is 0. The predicted molar refractivity (Wildman–Crippen MR) is 67.0 cm³/mol. The van der Waals surface area contributed by atoms with E-state index in [4.69, 9.17) is 4.74 Å². The largest absolute Gasteiger partial charge is 0.469 e. The number of esters is 1. The van der Waals surface area contributed by atoms with E-state index in [9.17, 15) is 9.59 Å². The predicted octanol–water partition coefficient (Wildman–Crippen LogP) is 1.13. The highest BCUT2D eigenvalue weighted by Crippen LogP contribution is 2.14. The highest BCUT2D eigenvalue weighted by molar-refractivity contribution is 5.87. The van der Waals surface area contributed by atoms with Gasteiger partial charge in [0.15, 0.2) is 0 Å². The molecule has 102 valence electrons. The van der Waals surface area contributed by atoms with Gasteiger partial charge in [0.05, 0.1) is 19.6 Å². The number of allylic oxidation sites excluding steroid dienone is 1. The molecular weight excluding hydrogens is 234 g/mol. The molecule has 5 heteroatoms. The van der Waals surface area contributed by atoms with Gasteiger partial charge < -0.3 is 14.4 Å². The second-order valence-electron chi connectivity index (χ2n) is 4.25. The van der Waals surface area contributed by atoms with Crippen molar-refractivity contribution in [3.8, 4) is 0 Å². The van der Waals surface area contributed by atoms with E-state index < -0.39 is 0 Å². The molecule has 0 aromatic heterocycles. The summed E-state index contributed by atoms with van der Waals surface area (Å²) in [6.07, 6.45) is 5.52. The quantitative estimate of drug-likeness (QED) is 0.527. The molecule has 0 saturated carbocycles. The zero-order chi connectivity index (χ0) is 13.4. The molecule has 1 aliphatic heterocycles. The third kappa shape index (κ3) is 4.87. The van der Waals surface area contributed by atoms with Crippen molar-refractivity contribution in [3.63, 3.8) is 0 Å². The molecule has 18 heavy (non-hydrogen) atoms. The zero-order valence-electron chi connectivity index (χ0n) is 11.1. The van der Waals surface area contributed by atoms with Crippen LogP contribution in [-0.2, 0) is 19.1 Å². The number of hydrogen-bond acceptors (Lipinski definition) is 4. The van der Waals surface area contributed by atoms with Crippen LogP contribution in [0.3, 0.4) is 0 Å². The van der Waals surface area contributed by atoms with Gasteiger partial charge in [-0.3, -0.25) is 9.59 Å². The standard InChI is InChI=1S/C13H21NO4/c1-3-5-12(15)14(8-7-13(16)17-2)10-11-6-4-9-18-11/h3,5,11H,4,6-10H2,1-2H3/b5-3+. The first-order valence-electron chi connectivity index (χ1n) is 6.27. The number of carbonyl (C=O) groups excluding carboxylic acids is 2. The van der Waals surface area contributed by atoms with Crippen molar-refractivity contribution in [3.05, 3.63) is 12.2 Å². The molecule has 1 fully saturated rings. The summed E-state index contributed by atoms with van der Waals surface area (Å²) in [5.74, 6) is -0.391. The van der Waals surface area contributed by atoms with Gasteiger partial charge in [0, 0.05) is 19.7 Å². The van der Waals surface area contributed by atoms with Crippen LogP contribution in [0.5, 0.6) is 0 Å². The Bertz CT molecular complexity index is 308. The van der Waals surface area contributed by atoms with E-state index in [-0.39, 0.29) is 24.4 Å². The maximum absolute atomic E-state index is 11.9. The van der Waals surface area contributed by atoms with E-state index in [2.05, 4.69) is 4.74 Å². The molecule has 1 rings (SSSR count). The summed E-state index contributed by atoms with van der Waals surface area (Å²) in [5.41, 5.74) is 0. The van der Waals surface area contributed by atoms with Gasteiger partial charge in [0.2, 0.25) is 5.91 Å². The van der Waals surface area contributed by atoms with Crippen LogP contribution < -0.4 is 0 Å². The first kappa shape index (κ1) is 14.7. The summed E-state index contributed by atoms with van der Waals surface area (Å²) in [5, 5.41) is 0. The lowest BCUT2D eigenvalue weighted by atomic mass is 10.2. The number of hydrogen-bond donors (Lipinski definition) is 0. The SMILES string of the molecule is C/C=C/C(=O)N(CCC(=O)OC)CC1CCCO1. The maximum Gasteiger partial charge on any atom is 0.307 e. The Labute approximate surface area is 108 Å². The Morgan fingerprint density at radius 2 is 2.28 bits per heavy atom. The first-order valence-corrected chi connectivity index (χ1v) is 6.27. The molecule has 0 aliphatic carbocycles. The number of methoxy groups -OCH3 is 1. The molecule has 5 nitrogen and oxygen atoms in total. The minimum absolute atomic E-state index is 0.0862. The van der Waals surface area contributed by atoms with Gasteiger partial charge in [-0.15, -0.1) is 0 Å². The molecule has 0 aromatic carbocycles. The van der Waals surface area contributed by atoms with Crippen molar-refractivity contribution in [2.45, 2.75) is 32.3 Å². The fourth-order valence-corrected chi connectivity index (χ4v) is 1.90. The molecule has 0 radical (unpaired) electrons. The van der Waals surface area contributed by atoms with Crippen LogP contribution in [0.2, 0.25) is 0 Å². The third-order valence-corrected chi connectivity index (χ3v) is 2.88. The van der Waals surface area contributed by atoms with Crippen molar-refractivity contribution in [1.29, 1.82) is 0 Å². The topological polar surface area (TPSA) is 55.8 Å². The Morgan fingerprint density at radius 1 is 1.50 bits per heavy atom. The van der Waals surface area contributed by atoms with Crippen LogP contribution in [0.25, 0.3) is 0 Å². The van der Waals surface area contributed by atoms with Crippen LogP contribution in [0.1, 0.15) is 26.2 Å². The lowest BCUT2D eigenvalue weighted by Gasteiger charge is -2.23. The number of carbonyl (C=O) groups is 2. The molecule has 1 unspecified atom stereocenters. The number of amides is 1. The Morgan fingerprint density at radius 3 is 2.83 bits per heavy atom. The van der Waals surface area contributed by atoms with Gasteiger partial charge in [-0.1, -0.05) is 6.08 Å². The summed E-state index contributed by atoms with van der Waals surface area (Å²) < 4.78 is 10.1. The van der Waals surface area contributed by atoms with Gasteiger partial charge in [0.25, 0.3) is 0 Å². The minimum atomic E-state index is -0.305. The van der Waals surface area contributed by atoms with Crippen LogP contribution >= 0.6 is 0 Å². The zero-order valence-corrected chi connectivity index (χ0v) is 11.1. The monoisotopic (exact) mass is 255 g/mol. The van der Waals surface area contributed by atoms with Gasteiger partial charge in [-0.2, -0.15) is 0 Å². The molecule has 1 atom stereocenters. The van der Waals surface area contributed by atoms with Crippen molar-refractivity contribution in [1.82, 2.24) is 4.90 Å². The van der Waals surface area contributed by atoms with E-state index in [0.29, 0.717) is 13.1 Å². The maximum atomic E-state index is 11.9. The van der Waals surface area contributed by atoms with Gasteiger partial charge in [-0.25, -0.2) is 0 Å². The summed E-state index contributed by atoms with van der Waals surface area (Å²) in [6.45, 7) is 3.46. The highest BCUT2D eigenvalue weighted by Gasteiger charge is 2.21. The van der Waals surface area contributed by atoms with Gasteiger partial charge in [-0.05, 0) is 25.8 Å². The van der Waals surface area contributed by atoms with Crippen molar-refractivity contribution < 1.29 is 19.1 Å². The second kappa shape index (κ2) is 7.87. The Balaban J connectivity index is 2.50. The normalized spacial score (nSPS) is 19.1. The molecule has 1 amide bonds. The Hall–Kier alpha value is -1.36. The molecule has 0 bridgehead atoms. The van der Waals surface area contributed by atoms with E-state index in [1.54, 1.807) is 17.9 Å². The van der Waals surface area contributed by atoms with Crippen LogP contribution in [0.15, 0.2) is 12.2 Å². The van der Waals surface area contributed by atoms with Gasteiger partial charge >= 0.3 is 5.97 Å². The van der Waals surface area contributed by atoms with Gasteiger partial charge in [0.1, 0.15) is 0 Å². The number of nitrogens with zero attached hydrogens (tertiary/aromatic N) is 1. The summed E-state index contributed by atoms with van der Waals surface area (Å²) in [6, 6.07) is 0. The fraction of sp³-hybridized carbons (Fsp3) is 0.692. The number of ether oxygens (including phenoxy) is 2. The lowest BCUT2D eigenvalue weighted by molar-refractivity contribution is -0.141. The summed E-state index contributed by atoms with van der Waals surface area (Å²) in [7, 11) is 1.35. The van der Waals surface area contributed by atoms with E-state index in [1.807, 2.05) is 0 Å². The Kier molecular flexibility index (Phi) is 6.43. The molecule has 1 aliphatic rings. The van der Waals surface area contributed by atoms with Crippen LogP contribution in [0.4, 0.5) is 0 Å². The molecule has 0 aromatic rings.